The van der Waals surface area contributed by atoms with Crippen molar-refractivity contribution >= 4 is 16.9 Å². The third kappa shape index (κ3) is 2.52. The number of aryl methyl sites for hydroxylation is 2. The van der Waals surface area contributed by atoms with Crippen LogP contribution < -0.4 is 5.32 Å². The molecular weight excluding hydrogens is 268 g/mol. The first-order valence-electron chi connectivity index (χ1n) is 6.73. The fourth-order valence-electron chi connectivity index (χ4n) is 2.26. The number of H-pyrrole nitrogens is 1. The standard InChI is InChI=1S/C15H16N4O2/c1-8-7-11-5-4-6-12(13(11)21-8)15(20)16-9(2)14-17-10(3)18-19-14/h4-7,9H,1-3H3,(H,16,20)(H,17,18,19)/t9-/m0/s1. The summed E-state index contributed by atoms with van der Waals surface area (Å²) >= 11 is 0. The zero-order chi connectivity index (χ0) is 15.0. The number of fused-ring (bicyclic) bond motifs is 1. The van der Waals surface area contributed by atoms with Crippen molar-refractivity contribution in [1.82, 2.24) is 20.5 Å². The van der Waals surface area contributed by atoms with Gasteiger partial charge in [0.1, 0.15) is 17.2 Å². The molecule has 2 aromatic heterocycles. The highest BCUT2D eigenvalue weighted by atomic mass is 16.3. The van der Waals surface area contributed by atoms with Crippen molar-refractivity contribution in [1.29, 1.82) is 0 Å². The Balaban J connectivity index is 1.87. The maximum Gasteiger partial charge on any atom is 0.255 e. The number of aromatic amines is 1. The Bertz CT molecular complexity index is 803. The largest absolute Gasteiger partial charge is 0.461 e. The third-order valence-corrected chi connectivity index (χ3v) is 3.26. The van der Waals surface area contributed by atoms with E-state index >= 15 is 0 Å². The number of aromatic nitrogens is 3. The molecule has 1 atom stereocenters. The van der Waals surface area contributed by atoms with Crippen LogP contribution in [0.1, 0.15) is 40.7 Å². The van der Waals surface area contributed by atoms with Gasteiger partial charge in [-0.2, -0.15) is 5.10 Å². The lowest BCUT2D eigenvalue weighted by Gasteiger charge is -2.10. The van der Waals surface area contributed by atoms with Crippen LogP contribution in [0.3, 0.4) is 0 Å². The summed E-state index contributed by atoms with van der Waals surface area (Å²) in [6.07, 6.45) is 0. The predicted octanol–water partition coefficient (Wildman–Crippen LogP) is 2.66. The van der Waals surface area contributed by atoms with E-state index in [1.807, 2.05) is 39.0 Å². The van der Waals surface area contributed by atoms with Gasteiger partial charge in [-0.05, 0) is 32.9 Å². The molecule has 3 rings (SSSR count). The van der Waals surface area contributed by atoms with Crippen molar-refractivity contribution in [2.45, 2.75) is 26.8 Å². The maximum absolute atomic E-state index is 12.4. The fourth-order valence-corrected chi connectivity index (χ4v) is 2.26. The van der Waals surface area contributed by atoms with Gasteiger partial charge < -0.3 is 9.73 Å². The van der Waals surface area contributed by atoms with Gasteiger partial charge in [0.05, 0.1) is 11.6 Å². The zero-order valence-electron chi connectivity index (χ0n) is 12.1. The van der Waals surface area contributed by atoms with Crippen LogP contribution in [0.4, 0.5) is 0 Å². The minimum Gasteiger partial charge on any atom is -0.461 e. The van der Waals surface area contributed by atoms with Gasteiger partial charge in [0.25, 0.3) is 5.91 Å². The molecular formula is C15H16N4O2. The van der Waals surface area contributed by atoms with Crippen LogP contribution >= 0.6 is 0 Å². The van der Waals surface area contributed by atoms with Crippen molar-refractivity contribution in [3.05, 3.63) is 47.2 Å². The van der Waals surface area contributed by atoms with E-state index in [0.29, 0.717) is 17.0 Å². The van der Waals surface area contributed by atoms with Crippen LogP contribution in [0.2, 0.25) is 0 Å². The first kappa shape index (κ1) is 13.4. The third-order valence-electron chi connectivity index (χ3n) is 3.26. The van der Waals surface area contributed by atoms with E-state index in [9.17, 15) is 4.79 Å². The van der Waals surface area contributed by atoms with Gasteiger partial charge in [-0.15, -0.1) is 0 Å². The lowest BCUT2D eigenvalue weighted by atomic mass is 10.1. The summed E-state index contributed by atoms with van der Waals surface area (Å²) in [4.78, 5) is 16.6. The van der Waals surface area contributed by atoms with E-state index in [1.165, 1.54) is 0 Å². The maximum atomic E-state index is 12.4. The number of nitrogens with one attached hydrogen (secondary N) is 2. The summed E-state index contributed by atoms with van der Waals surface area (Å²) in [5.74, 6) is 1.85. The molecule has 0 aliphatic rings. The first-order valence-corrected chi connectivity index (χ1v) is 6.73. The highest BCUT2D eigenvalue weighted by Gasteiger charge is 2.18. The van der Waals surface area contributed by atoms with Crippen molar-refractivity contribution in [2.24, 2.45) is 0 Å². The number of hydrogen-bond donors (Lipinski definition) is 2. The average Bonchev–Trinajstić information content (AvgIpc) is 3.02. The highest BCUT2D eigenvalue weighted by molar-refractivity contribution is 6.05. The molecule has 0 saturated heterocycles. The van der Waals surface area contributed by atoms with E-state index in [-0.39, 0.29) is 11.9 Å². The molecule has 6 nitrogen and oxygen atoms in total. The molecule has 0 aliphatic carbocycles. The van der Waals surface area contributed by atoms with Gasteiger partial charge in [-0.25, -0.2) is 4.98 Å². The molecule has 0 radical (unpaired) electrons. The van der Waals surface area contributed by atoms with Crippen LogP contribution in [-0.2, 0) is 0 Å². The van der Waals surface area contributed by atoms with E-state index in [1.54, 1.807) is 6.07 Å². The summed E-state index contributed by atoms with van der Waals surface area (Å²) in [5.41, 5.74) is 1.12. The Kier molecular flexibility index (Phi) is 3.21. The lowest BCUT2D eigenvalue weighted by molar-refractivity contribution is 0.0939. The first-order chi connectivity index (χ1) is 10.0. The van der Waals surface area contributed by atoms with E-state index in [2.05, 4.69) is 20.5 Å². The van der Waals surface area contributed by atoms with E-state index in [0.717, 1.165) is 17.0 Å². The number of benzene rings is 1. The monoisotopic (exact) mass is 284 g/mol. The Labute approximate surface area is 121 Å². The smallest absolute Gasteiger partial charge is 0.255 e. The lowest BCUT2D eigenvalue weighted by Crippen LogP contribution is -2.27. The molecule has 0 aliphatic heterocycles. The van der Waals surface area contributed by atoms with Crippen molar-refractivity contribution in [3.8, 4) is 0 Å². The second kappa shape index (κ2) is 5.05. The normalized spacial score (nSPS) is 12.5. The summed E-state index contributed by atoms with van der Waals surface area (Å²) in [7, 11) is 0. The fraction of sp³-hybridized carbons (Fsp3) is 0.267. The number of carbonyl (C=O) groups is 1. The van der Waals surface area contributed by atoms with Gasteiger partial charge in [-0.1, -0.05) is 12.1 Å². The van der Waals surface area contributed by atoms with Gasteiger partial charge in [-0.3, -0.25) is 9.89 Å². The molecule has 0 bridgehead atoms. The van der Waals surface area contributed by atoms with Gasteiger partial charge >= 0.3 is 0 Å². The minimum atomic E-state index is -0.284. The Morgan fingerprint density at radius 3 is 2.90 bits per heavy atom. The molecule has 0 unspecified atom stereocenters. The van der Waals surface area contributed by atoms with Gasteiger partial charge in [0.15, 0.2) is 5.82 Å². The molecule has 2 N–H and O–H groups in total. The second-order valence-electron chi connectivity index (χ2n) is 5.06. The number of para-hydroxylation sites is 1. The molecule has 1 amide bonds. The number of furan rings is 1. The van der Waals surface area contributed by atoms with Crippen LogP contribution in [0.5, 0.6) is 0 Å². The van der Waals surface area contributed by atoms with Crippen molar-refractivity contribution in [3.63, 3.8) is 0 Å². The van der Waals surface area contributed by atoms with Crippen LogP contribution in [0.15, 0.2) is 28.7 Å². The van der Waals surface area contributed by atoms with Gasteiger partial charge in [0, 0.05) is 5.39 Å². The average molecular weight is 284 g/mol. The molecule has 21 heavy (non-hydrogen) atoms. The SMILES string of the molecule is Cc1nc([C@H](C)NC(=O)c2cccc3cc(C)oc23)n[nH]1. The topological polar surface area (TPSA) is 83.8 Å². The summed E-state index contributed by atoms with van der Waals surface area (Å²) in [6, 6.07) is 7.14. The van der Waals surface area contributed by atoms with Crippen molar-refractivity contribution in [2.75, 3.05) is 0 Å². The quantitative estimate of drug-likeness (QED) is 0.774. The Hall–Kier alpha value is -2.63. The highest BCUT2D eigenvalue weighted by Crippen LogP contribution is 2.23. The number of rotatable bonds is 3. The molecule has 3 aromatic rings. The van der Waals surface area contributed by atoms with Gasteiger partial charge in [0.2, 0.25) is 0 Å². The second-order valence-corrected chi connectivity index (χ2v) is 5.06. The molecule has 0 spiro atoms. The zero-order valence-corrected chi connectivity index (χ0v) is 12.1. The number of carbonyl (C=O) groups excluding carboxylic acids is 1. The summed E-state index contributed by atoms with van der Waals surface area (Å²) in [6.45, 7) is 5.52. The summed E-state index contributed by atoms with van der Waals surface area (Å²) < 4.78 is 5.61. The van der Waals surface area contributed by atoms with Crippen LogP contribution in [0, 0.1) is 13.8 Å². The Morgan fingerprint density at radius 2 is 2.19 bits per heavy atom. The molecule has 1 aromatic carbocycles. The number of nitrogens with zero attached hydrogens (tertiary/aromatic N) is 2. The molecule has 108 valence electrons. The van der Waals surface area contributed by atoms with Crippen molar-refractivity contribution < 1.29 is 9.21 Å². The molecule has 0 saturated carbocycles. The molecule has 2 heterocycles. The molecule has 6 heteroatoms. The minimum absolute atomic E-state index is 0.204. The number of hydrogen-bond acceptors (Lipinski definition) is 4. The van der Waals surface area contributed by atoms with Crippen LogP contribution in [-0.4, -0.2) is 21.1 Å². The predicted molar refractivity (Wildman–Crippen MR) is 78.0 cm³/mol. The summed E-state index contributed by atoms with van der Waals surface area (Å²) in [5, 5.41) is 10.6. The Morgan fingerprint density at radius 1 is 1.38 bits per heavy atom. The molecule has 0 fully saturated rings. The van der Waals surface area contributed by atoms with E-state index < -0.39 is 0 Å². The van der Waals surface area contributed by atoms with Crippen LogP contribution in [0.25, 0.3) is 11.0 Å². The number of amides is 1. The van der Waals surface area contributed by atoms with E-state index in [4.69, 9.17) is 4.42 Å².